The Balaban J connectivity index is 1.87. The maximum absolute atomic E-state index is 12.4. The van der Waals surface area contributed by atoms with Crippen molar-refractivity contribution in [2.45, 2.75) is 39.2 Å². The summed E-state index contributed by atoms with van der Waals surface area (Å²) in [6.45, 7) is 6.33. The lowest BCUT2D eigenvalue weighted by Crippen LogP contribution is -2.40. The maximum atomic E-state index is 12.4. The van der Waals surface area contributed by atoms with E-state index >= 15 is 0 Å². The summed E-state index contributed by atoms with van der Waals surface area (Å²) in [4.78, 5) is 16.7. The minimum atomic E-state index is 0.296. The lowest BCUT2D eigenvalue weighted by Gasteiger charge is -2.25. The van der Waals surface area contributed by atoms with Crippen LogP contribution in [0.1, 0.15) is 38.2 Å². The fourth-order valence-electron chi connectivity index (χ4n) is 2.73. The molecule has 1 aliphatic heterocycles. The average Bonchev–Trinajstić information content (AvgIpc) is 2.76. The summed E-state index contributed by atoms with van der Waals surface area (Å²) in [5.41, 5.74) is 1.28. The highest BCUT2D eigenvalue weighted by Gasteiger charge is 2.17. The van der Waals surface area contributed by atoms with Crippen LogP contribution in [0.4, 0.5) is 0 Å². The largest absolute Gasteiger partial charge is 0.342 e. The molecule has 1 aromatic rings. The van der Waals surface area contributed by atoms with Gasteiger partial charge < -0.3 is 4.90 Å². The molecule has 0 spiro atoms. The van der Waals surface area contributed by atoms with E-state index < -0.39 is 0 Å². The molecule has 0 bridgehead atoms. The zero-order chi connectivity index (χ0) is 14.2. The molecule has 0 N–H and O–H groups in total. The molecule has 1 amide bonds. The number of hydrogen-bond donors (Lipinski definition) is 0. The van der Waals surface area contributed by atoms with Gasteiger partial charge in [-0.2, -0.15) is 0 Å². The van der Waals surface area contributed by atoms with Gasteiger partial charge in [-0.3, -0.25) is 9.69 Å². The first-order valence-corrected chi connectivity index (χ1v) is 7.83. The van der Waals surface area contributed by atoms with Gasteiger partial charge in [0.05, 0.1) is 6.54 Å². The van der Waals surface area contributed by atoms with Crippen molar-refractivity contribution < 1.29 is 4.79 Å². The zero-order valence-corrected chi connectivity index (χ0v) is 12.6. The Labute approximate surface area is 122 Å². The zero-order valence-electron chi connectivity index (χ0n) is 12.6. The molecule has 0 atom stereocenters. The smallest absolute Gasteiger partial charge is 0.236 e. The number of rotatable bonds is 5. The number of nitrogens with zero attached hydrogens (tertiary/aromatic N) is 2. The van der Waals surface area contributed by atoms with Gasteiger partial charge in [-0.25, -0.2) is 0 Å². The number of benzene rings is 1. The fourth-order valence-corrected chi connectivity index (χ4v) is 2.73. The molecule has 2 rings (SSSR count). The van der Waals surface area contributed by atoms with Crippen molar-refractivity contribution in [3.8, 4) is 0 Å². The van der Waals surface area contributed by atoms with Crippen LogP contribution < -0.4 is 0 Å². The Morgan fingerprint density at radius 3 is 2.35 bits per heavy atom. The van der Waals surface area contributed by atoms with E-state index in [0.717, 1.165) is 39.0 Å². The summed E-state index contributed by atoms with van der Waals surface area (Å²) in [5.74, 6) is 0.296. The highest BCUT2D eigenvalue weighted by molar-refractivity contribution is 5.78. The van der Waals surface area contributed by atoms with Crippen LogP contribution in [0, 0.1) is 0 Å². The van der Waals surface area contributed by atoms with Crippen LogP contribution in [0.3, 0.4) is 0 Å². The SMILES string of the molecule is CCN(CC(=O)N1CCCCCC1)Cc1ccccc1. The Morgan fingerprint density at radius 2 is 1.75 bits per heavy atom. The molecule has 0 radical (unpaired) electrons. The molecule has 3 nitrogen and oxygen atoms in total. The monoisotopic (exact) mass is 274 g/mol. The van der Waals surface area contributed by atoms with Gasteiger partial charge in [0.1, 0.15) is 0 Å². The van der Waals surface area contributed by atoms with Crippen LogP contribution in [-0.2, 0) is 11.3 Å². The van der Waals surface area contributed by atoms with E-state index in [0.29, 0.717) is 12.5 Å². The van der Waals surface area contributed by atoms with Crippen molar-refractivity contribution in [2.24, 2.45) is 0 Å². The minimum Gasteiger partial charge on any atom is -0.342 e. The van der Waals surface area contributed by atoms with Crippen molar-refractivity contribution in [3.63, 3.8) is 0 Å². The van der Waals surface area contributed by atoms with Gasteiger partial charge in [0.15, 0.2) is 0 Å². The molecule has 0 unspecified atom stereocenters. The van der Waals surface area contributed by atoms with Crippen LogP contribution >= 0.6 is 0 Å². The van der Waals surface area contributed by atoms with E-state index in [4.69, 9.17) is 0 Å². The Kier molecular flexibility index (Phi) is 6.06. The number of amides is 1. The van der Waals surface area contributed by atoms with Crippen LogP contribution in [0.2, 0.25) is 0 Å². The average molecular weight is 274 g/mol. The molecular weight excluding hydrogens is 248 g/mol. The summed E-state index contributed by atoms with van der Waals surface area (Å²) >= 11 is 0. The highest BCUT2D eigenvalue weighted by atomic mass is 16.2. The van der Waals surface area contributed by atoms with Crippen LogP contribution in [-0.4, -0.2) is 41.9 Å². The number of hydrogen-bond acceptors (Lipinski definition) is 2. The van der Waals surface area contributed by atoms with E-state index in [1.807, 2.05) is 6.07 Å². The molecule has 110 valence electrons. The van der Waals surface area contributed by atoms with Crippen molar-refractivity contribution in [2.75, 3.05) is 26.2 Å². The molecule has 1 heterocycles. The molecule has 1 fully saturated rings. The van der Waals surface area contributed by atoms with E-state index in [1.165, 1.54) is 18.4 Å². The standard InChI is InChI=1S/C17H26N2O/c1-2-18(14-16-10-6-5-7-11-16)15-17(20)19-12-8-3-4-9-13-19/h5-7,10-11H,2-4,8-9,12-15H2,1H3. The van der Waals surface area contributed by atoms with Gasteiger partial charge >= 0.3 is 0 Å². The number of carbonyl (C=O) groups is 1. The number of likely N-dealkylation sites (tertiary alicyclic amines) is 1. The normalized spacial score (nSPS) is 16.2. The van der Waals surface area contributed by atoms with Crippen molar-refractivity contribution in [3.05, 3.63) is 35.9 Å². The Morgan fingerprint density at radius 1 is 1.10 bits per heavy atom. The fraction of sp³-hybridized carbons (Fsp3) is 0.588. The summed E-state index contributed by atoms with van der Waals surface area (Å²) in [6, 6.07) is 10.4. The van der Waals surface area contributed by atoms with Crippen molar-refractivity contribution in [1.29, 1.82) is 0 Å². The third-order valence-corrected chi connectivity index (χ3v) is 4.01. The van der Waals surface area contributed by atoms with E-state index in [-0.39, 0.29) is 0 Å². The number of likely N-dealkylation sites (N-methyl/N-ethyl adjacent to an activating group) is 1. The van der Waals surface area contributed by atoms with Crippen LogP contribution in [0.15, 0.2) is 30.3 Å². The number of carbonyl (C=O) groups excluding carboxylic acids is 1. The van der Waals surface area contributed by atoms with E-state index in [1.54, 1.807) is 0 Å². The third-order valence-electron chi connectivity index (χ3n) is 4.01. The highest BCUT2D eigenvalue weighted by Crippen LogP contribution is 2.11. The molecule has 0 aromatic heterocycles. The molecular formula is C17H26N2O. The van der Waals surface area contributed by atoms with Gasteiger partial charge in [-0.15, -0.1) is 0 Å². The van der Waals surface area contributed by atoms with E-state index in [2.05, 4.69) is 41.0 Å². The summed E-state index contributed by atoms with van der Waals surface area (Å²) in [5, 5.41) is 0. The predicted octanol–water partition coefficient (Wildman–Crippen LogP) is 2.91. The van der Waals surface area contributed by atoms with E-state index in [9.17, 15) is 4.79 Å². The van der Waals surface area contributed by atoms with Gasteiger partial charge in [0.25, 0.3) is 0 Å². The molecule has 3 heteroatoms. The van der Waals surface area contributed by atoms with Gasteiger partial charge in [-0.1, -0.05) is 50.1 Å². The molecule has 1 aliphatic rings. The van der Waals surface area contributed by atoms with Crippen molar-refractivity contribution >= 4 is 5.91 Å². The minimum absolute atomic E-state index is 0.296. The molecule has 1 aromatic carbocycles. The maximum Gasteiger partial charge on any atom is 0.236 e. The molecule has 1 saturated heterocycles. The van der Waals surface area contributed by atoms with Gasteiger partial charge in [-0.05, 0) is 24.9 Å². The lowest BCUT2D eigenvalue weighted by atomic mass is 10.2. The molecule has 20 heavy (non-hydrogen) atoms. The third kappa shape index (κ3) is 4.64. The first-order valence-electron chi connectivity index (χ1n) is 7.83. The summed E-state index contributed by atoms with van der Waals surface area (Å²) < 4.78 is 0. The first kappa shape index (κ1) is 15.0. The Hall–Kier alpha value is -1.35. The first-order chi connectivity index (χ1) is 9.79. The van der Waals surface area contributed by atoms with Crippen molar-refractivity contribution in [1.82, 2.24) is 9.80 Å². The van der Waals surface area contributed by atoms with Crippen LogP contribution in [0.25, 0.3) is 0 Å². The molecule has 0 aliphatic carbocycles. The van der Waals surface area contributed by atoms with Gasteiger partial charge in [0.2, 0.25) is 5.91 Å². The second kappa shape index (κ2) is 8.05. The Bertz CT molecular complexity index is 397. The quantitative estimate of drug-likeness (QED) is 0.824. The summed E-state index contributed by atoms with van der Waals surface area (Å²) in [7, 11) is 0. The predicted molar refractivity (Wildman–Crippen MR) is 82.4 cm³/mol. The van der Waals surface area contributed by atoms with Gasteiger partial charge in [0, 0.05) is 19.6 Å². The second-order valence-corrected chi connectivity index (χ2v) is 5.58. The van der Waals surface area contributed by atoms with Crippen LogP contribution in [0.5, 0.6) is 0 Å². The second-order valence-electron chi connectivity index (χ2n) is 5.58. The summed E-state index contributed by atoms with van der Waals surface area (Å²) in [6.07, 6.45) is 4.86. The lowest BCUT2D eigenvalue weighted by molar-refractivity contribution is -0.132. The topological polar surface area (TPSA) is 23.6 Å². The molecule has 0 saturated carbocycles.